The first-order valence-electron chi connectivity index (χ1n) is 10.1. The lowest BCUT2D eigenvalue weighted by atomic mass is 9.94. The fraction of sp³-hybridized carbons (Fsp3) is 0.333. The molecule has 8 nitrogen and oxygen atoms in total. The van der Waals surface area contributed by atoms with Gasteiger partial charge in [0, 0.05) is 12.1 Å². The van der Waals surface area contributed by atoms with Crippen LogP contribution in [0.5, 0.6) is 23.0 Å². The molecule has 0 spiro atoms. The van der Waals surface area contributed by atoms with Crippen LogP contribution in [-0.2, 0) is 9.59 Å². The quantitative estimate of drug-likeness (QED) is 0.380. The molecule has 0 bridgehead atoms. The van der Waals surface area contributed by atoms with Crippen LogP contribution in [0.2, 0.25) is 0 Å². The van der Waals surface area contributed by atoms with E-state index in [9.17, 15) is 14.7 Å². The second-order valence-electron chi connectivity index (χ2n) is 7.18. The molecule has 2 aromatic rings. The highest BCUT2D eigenvalue weighted by atomic mass is 16.5. The molecule has 1 atom stereocenters. The Hall–Kier alpha value is -3.68. The highest BCUT2D eigenvalue weighted by molar-refractivity contribution is 6.46. The fourth-order valence-corrected chi connectivity index (χ4v) is 3.86. The number of likely N-dealkylation sites (tertiary alicyclic amines) is 1. The van der Waals surface area contributed by atoms with E-state index in [0.717, 1.165) is 0 Å². The predicted molar refractivity (Wildman–Crippen MR) is 118 cm³/mol. The van der Waals surface area contributed by atoms with Gasteiger partial charge >= 0.3 is 0 Å². The summed E-state index contributed by atoms with van der Waals surface area (Å²) >= 11 is 0. The zero-order valence-corrected chi connectivity index (χ0v) is 18.8. The minimum atomic E-state index is -0.775. The summed E-state index contributed by atoms with van der Waals surface area (Å²) in [5.74, 6) is 0.151. The number of hydrogen-bond acceptors (Lipinski definition) is 7. The maximum Gasteiger partial charge on any atom is 0.295 e. The highest BCUT2D eigenvalue weighted by Crippen LogP contribution is 2.42. The third-order valence-corrected chi connectivity index (χ3v) is 5.38. The smallest absolute Gasteiger partial charge is 0.295 e. The van der Waals surface area contributed by atoms with E-state index in [1.165, 1.54) is 33.3 Å². The van der Waals surface area contributed by atoms with Gasteiger partial charge in [0.1, 0.15) is 5.76 Å². The molecule has 170 valence electrons. The highest BCUT2D eigenvalue weighted by Gasteiger charge is 2.46. The van der Waals surface area contributed by atoms with Crippen molar-refractivity contribution in [2.75, 3.05) is 35.0 Å². The van der Waals surface area contributed by atoms with Crippen molar-refractivity contribution in [2.45, 2.75) is 19.4 Å². The van der Waals surface area contributed by atoms with E-state index in [-0.39, 0.29) is 11.3 Å². The van der Waals surface area contributed by atoms with E-state index in [4.69, 9.17) is 18.9 Å². The third kappa shape index (κ3) is 3.95. The number of methoxy groups -OCH3 is 4. The van der Waals surface area contributed by atoms with Crippen LogP contribution in [0.25, 0.3) is 5.76 Å². The summed E-state index contributed by atoms with van der Waals surface area (Å²) in [4.78, 5) is 27.3. The zero-order chi connectivity index (χ0) is 23.4. The van der Waals surface area contributed by atoms with Gasteiger partial charge in [0.15, 0.2) is 23.0 Å². The van der Waals surface area contributed by atoms with Crippen molar-refractivity contribution in [2.24, 2.45) is 0 Å². The minimum Gasteiger partial charge on any atom is -0.507 e. The van der Waals surface area contributed by atoms with E-state index in [1.54, 1.807) is 36.4 Å². The van der Waals surface area contributed by atoms with Crippen LogP contribution in [0, 0.1) is 0 Å². The Labute approximate surface area is 187 Å². The summed E-state index contributed by atoms with van der Waals surface area (Å²) in [7, 11) is 6.02. The lowest BCUT2D eigenvalue weighted by molar-refractivity contribution is -0.139. The summed E-state index contributed by atoms with van der Waals surface area (Å²) in [5, 5.41) is 11.2. The Morgan fingerprint density at radius 1 is 0.875 bits per heavy atom. The Bertz CT molecular complexity index is 1060. The van der Waals surface area contributed by atoms with Gasteiger partial charge in [-0.2, -0.15) is 0 Å². The van der Waals surface area contributed by atoms with Crippen molar-refractivity contribution in [1.29, 1.82) is 0 Å². The largest absolute Gasteiger partial charge is 0.507 e. The van der Waals surface area contributed by atoms with Crippen molar-refractivity contribution in [3.05, 3.63) is 53.1 Å². The summed E-state index contributed by atoms with van der Waals surface area (Å²) < 4.78 is 21.3. The molecule has 1 heterocycles. The molecule has 1 fully saturated rings. The Kier molecular flexibility index (Phi) is 6.92. The number of ketones is 1. The van der Waals surface area contributed by atoms with Crippen molar-refractivity contribution >= 4 is 17.4 Å². The predicted octanol–water partition coefficient (Wildman–Crippen LogP) is 3.55. The number of aliphatic hydroxyl groups is 1. The molecule has 0 aromatic heterocycles. The molecule has 1 saturated heterocycles. The van der Waals surface area contributed by atoms with Gasteiger partial charge in [0.2, 0.25) is 0 Å². The Morgan fingerprint density at radius 2 is 1.44 bits per heavy atom. The molecule has 2 aromatic carbocycles. The molecule has 3 rings (SSSR count). The van der Waals surface area contributed by atoms with Gasteiger partial charge in [-0.05, 0) is 42.3 Å². The topological polar surface area (TPSA) is 94.5 Å². The minimum absolute atomic E-state index is 0.00268. The van der Waals surface area contributed by atoms with Crippen LogP contribution in [0.4, 0.5) is 0 Å². The number of rotatable bonds is 8. The third-order valence-electron chi connectivity index (χ3n) is 5.38. The number of benzene rings is 2. The number of aliphatic hydroxyl groups excluding tert-OH is 1. The molecule has 0 aliphatic carbocycles. The summed E-state index contributed by atoms with van der Waals surface area (Å²) in [6.07, 6.45) is 0.646. The number of Topliss-reactive ketones (excluding diaryl/α,β-unsaturated/α-hetero) is 1. The van der Waals surface area contributed by atoms with Crippen LogP contribution in [0.15, 0.2) is 42.0 Å². The summed E-state index contributed by atoms with van der Waals surface area (Å²) in [6.45, 7) is 2.27. The average Bonchev–Trinajstić information content (AvgIpc) is 3.07. The van der Waals surface area contributed by atoms with Gasteiger partial charge in [-0.3, -0.25) is 9.59 Å². The monoisotopic (exact) mass is 441 g/mol. The van der Waals surface area contributed by atoms with Gasteiger partial charge in [-0.15, -0.1) is 0 Å². The van der Waals surface area contributed by atoms with E-state index in [2.05, 4.69) is 0 Å². The first-order valence-corrected chi connectivity index (χ1v) is 10.1. The SMILES string of the molecule is CCCN1C(=O)C(=O)/C(=C(\O)c2ccc(OC)c(OC)c2)C1c1ccc(OC)c(OC)c1. The number of nitrogens with zero attached hydrogens (tertiary/aromatic N) is 1. The molecule has 0 radical (unpaired) electrons. The summed E-state index contributed by atoms with van der Waals surface area (Å²) in [5.41, 5.74) is 0.961. The molecule has 1 N–H and O–H groups in total. The van der Waals surface area contributed by atoms with Crippen LogP contribution >= 0.6 is 0 Å². The molecule has 1 aliphatic heterocycles. The van der Waals surface area contributed by atoms with E-state index in [0.29, 0.717) is 47.1 Å². The second kappa shape index (κ2) is 9.64. The van der Waals surface area contributed by atoms with Crippen molar-refractivity contribution in [1.82, 2.24) is 4.90 Å². The maximum absolute atomic E-state index is 13.0. The Morgan fingerprint density at radius 3 is 2.00 bits per heavy atom. The molecule has 0 saturated carbocycles. The molecule has 8 heteroatoms. The Balaban J connectivity index is 2.21. The van der Waals surface area contributed by atoms with E-state index < -0.39 is 17.7 Å². The number of amides is 1. The van der Waals surface area contributed by atoms with Gasteiger partial charge in [-0.25, -0.2) is 0 Å². The lowest BCUT2D eigenvalue weighted by Gasteiger charge is -2.25. The molecular weight excluding hydrogens is 414 g/mol. The zero-order valence-electron chi connectivity index (χ0n) is 18.8. The lowest BCUT2D eigenvalue weighted by Crippen LogP contribution is -2.30. The number of hydrogen-bond donors (Lipinski definition) is 1. The summed E-state index contributed by atoms with van der Waals surface area (Å²) in [6, 6.07) is 9.19. The average molecular weight is 441 g/mol. The molecule has 1 amide bonds. The van der Waals surface area contributed by atoms with Crippen LogP contribution in [0.1, 0.15) is 30.5 Å². The van der Waals surface area contributed by atoms with Crippen molar-refractivity contribution in [3.63, 3.8) is 0 Å². The standard InChI is InChI=1S/C24H27NO7/c1-6-11-25-21(14-7-9-16(29-2)18(12-14)31-4)20(23(27)24(25)28)22(26)15-8-10-17(30-3)19(13-15)32-5/h7-10,12-13,21,26H,6,11H2,1-5H3/b22-20-. The van der Waals surface area contributed by atoms with Gasteiger partial charge in [0.25, 0.3) is 11.7 Å². The van der Waals surface area contributed by atoms with Gasteiger partial charge in [0.05, 0.1) is 40.1 Å². The normalized spacial score (nSPS) is 17.4. The second-order valence-corrected chi connectivity index (χ2v) is 7.18. The molecule has 1 aliphatic rings. The van der Waals surface area contributed by atoms with Crippen LogP contribution < -0.4 is 18.9 Å². The van der Waals surface area contributed by atoms with Crippen LogP contribution in [0.3, 0.4) is 0 Å². The molecule has 32 heavy (non-hydrogen) atoms. The number of carbonyl (C=O) groups excluding carboxylic acids is 2. The number of ether oxygens (including phenoxy) is 4. The first-order chi connectivity index (χ1) is 15.4. The maximum atomic E-state index is 13.0. The number of carbonyl (C=O) groups is 2. The molecular formula is C24H27NO7. The van der Waals surface area contributed by atoms with Gasteiger partial charge < -0.3 is 29.0 Å². The first kappa shape index (κ1) is 23.0. The van der Waals surface area contributed by atoms with Crippen LogP contribution in [-0.4, -0.2) is 56.7 Å². The molecule has 1 unspecified atom stereocenters. The van der Waals surface area contributed by atoms with Crippen molar-refractivity contribution < 1.29 is 33.6 Å². The fourth-order valence-electron chi connectivity index (χ4n) is 3.86. The van der Waals surface area contributed by atoms with Gasteiger partial charge in [-0.1, -0.05) is 13.0 Å². The van der Waals surface area contributed by atoms with E-state index >= 15 is 0 Å². The van der Waals surface area contributed by atoms with Crippen molar-refractivity contribution in [3.8, 4) is 23.0 Å². The van der Waals surface area contributed by atoms with E-state index in [1.807, 2.05) is 6.92 Å².